The van der Waals surface area contributed by atoms with Gasteiger partial charge in [-0.05, 0) is 49.9 Å². The lowest BCUT2D eigenvalue weighted by molar-refractivity contribution is -0.127. The Hall–Kier alpha value is -2.29. The van der Waals surface area contributed by atoms with Crippen LogP contribution in [0.2, 0.25) is 0 Å². The number of benzene rings is 2. The first-order valence-electron chi connectivity index (χ1n) is 7.62. The molecule has 0 aliphatic heterocycles. The van der Waals surface area contributed by atoms with Crippen molar-refractivity contribution in [3.05, 3.63) is 65.2 Å². The van der Waals surface area contributed by atoms with Crippen LogP contribution in [0.3, 0.4) is 0 Å². The predicted molar refractivity (Wildman–Crippen MR) is 89.2 cm³/mol. The van der Waals surface area contributed by atoms with E-state index in [-0.39, 0.29) is 5.91 Å². The lowest BCUT2D eigenvalue weighted by Crippen LogP contribution is -2.37. The Kier molecular flexibility index (Phi) is 5.59. The first kappa shape index (κ1) is 16.1. The standard InChI is InChI=1S/C19H23NO2/c1-14-8-7-11-18(15(14)2)22-16(3)19(21)20-13-12-17-9-5-4-6-10-17/h4-11,16H,12-13H2,1-3H3,(H,20,21). The molecule has 0 saturated carbocycles. The zero-order chi connectivity index (χ0) is 15.9. The monoisotopic (exact) mass is 297 g/mol. The maximum absolute atomic E-state index is 12.1. The van der Waals surface area contributed by atoms with E-state index in [1.807, 2.05) is 50.2 Å². The molecule has 2 aromatic rings. The van der Waals surface area contributed by atoms with E-state index in [4.69, 9.17) is 4.74 Å². The molecule has 3 heteroatoms. The smallest absolute Gasteiger partial charge is 0.260 e. The Bertz CT molecular complexity index is 623. The van der Waals surface area contributed by atoms with E-state index in [2.05, 4.69) is 17.4 Å². The number of rotatable bonds is 6. The van der Waals surface area contributed by atoms with Crippen LogP contribution in [-0.4, -0.2) is 18.6 Å². The summed E-state index contributed by atoms with van der Waals surface area (Å²) in [6.07, 6.45) is 0.319. The summed E-state index contributed by atoms with van der Waals surface area (Å²) in [4.78, 5) is 12.1. The SMILES string of the molecule is Cc1cccc(OC(C)C(=O)NCCc2ccccc2)c1C. The number of hydrogen-bond acceptors (Lipinski definition) is 2. The summed E-state index contributed by atoms with van der Waals surface area (Å²) in [5, 5.41) is 2.92. The number of aryl methyl sites for hydroxylation is 1. The minimum atomic E-state index is -0.503. The van der Waals surface area contributed by atoms with Crippen molar-refractivity contribution < 1.29 is 9.53 Å². The van der Waals surface area contributed by atoms with Gasteiger partial charge in [0.1, 0.15) is 5.75 Å². The third kappa shape index (κ3) is 4.35. The van der Waals surface area contributed by atoms with Crippen LogP contribution in [-0.2, 0) is 11.2 Å². The van der Waals surface area contributed by atoms with E-state index >= 15 is 0 Å². The zero-order valence-electron chi connectivity index (χ0n) is 13.4. The van der Waals surface area contributed by atoms with Crippen LogP contribution in [0.5, 0.6) is 5.75 Å². The van der Waals surface area contributed by atoms with Gasteiger partial charge in [-0.1, -0.05) is 42.5 Å². The second-order valence-corrected chi connectivity index (χ2v) is 5.48. The molecule has 2 rings (SSSR count). The Morgan fingerprint density at radius 1 is 1.09 bits per heavy atom. The van der Waals surface area contributed by atoms with Crippen molar-refractivity contribution in [3.63, 3.8) is 0 Å². The molecule has 1 amide bonds. The van der Waals surface area contributed by atoms with Crippen LogP contribution in [0.1, 0.15) is 23.6 Å². The molecule has 0 heterocycles. The van der Waals surface area contributed by atoms with E-state index in [1.165, 1.54) is 5.56 Å². The van der Waals surface area contributed by atoms with Crippen LogP contribution in [0, 0.1) is 13.8 Å². The van der Waals surface area contributed by atoms with Gasteiger partial charge in [-0.25, -0.2) is 0 Å². The summed E-state index contributed by atoms with van der Waals surface area (Å²) in [7, 11) is 0. The molecular weight excluding hydrogens is 274 g/mol. The third-order valence-corrected chi connectivity index (χ3v) is 3.78. The highest BCUT2D eigenvalue weighted by Gasteiger charge is 2.15. The van der Waals surface area contributed by atoms with Crippen molar-refractivity contribution in [2.75, 3.05) is 6.54 Å². The normalized spacial score (nSPS) is 11.8. The summed E-state index contributed by atoms with van der Waals surface area (Å²) in [6.45, 7) is 6.43. The first-order chi connectivity index (χ1) is 10.6. The second-order valence-electron chi connectivity index (χ2n) is 5.48. The summed E-state index contributed by atoms with van der Waals surface area (Å²) in [6, 6.07) is 16.0. The molecular formula is C19H23NO2. The molecule has 2 aromatic carbocycles. The van der Waals surface area contributed by atoms with Crippen molar-refractivity contribution in [1.82, 2.24) is 5.32 Å². The molecule has 1 unspecified atom stereocenters. The fraction of sp³-hybridized carbons (Fsp3) is 0.316. The maximum Gasteiger partial charge on any atom is 0.260 e. The van der Waals surface area contributed by atoms with Crippen LogP contribution >= 0.6 is 0 Å². The quantitative estimate of drug-likeness (QED) is 0.887. The van der Waals surface area contributed by atoms with Crippen LogP contribution < -0.4 is 10.1 Å². The molecule has 3 nitrogen and oxygen atoms in total. The molecule has 0 aliphatic carbocycles. The van der Waals surface area contributed by atoms with E-state index in [9.17, 15) is 4.79 Å². The number of carbonyl (C=O) groups excluding carboxylic acids is 1. The lowest BCUT2D eigenvalue weighted by Gasteiger charge is -2.17. The van der Waals surface area contributed by atoms with Crippen molar-refractivity contribution in [2.24, 2.45) is 0 Å². The van der Waals surface area contributed by atoms with Gasteiger partial charge in [0.2, 0.25) is 0 Å². The zero-order valence-corrected chi connectivity index (χ0v) is 13.4. The summed E-state index contributed by atoms with van der Waals surface area (Å²) in [5.41, 5.74) is 3.45. The molecule has 0 spiro atoms. The molecule has 0 aromatic heterocycles. The van der Waals surface area contributed by atoms with Crippen LogP contribution in [0.15, 0.2) is 48.5 Å². The Labute approximate surface area is 132 Å². The van der Waals surface area contributed by atoms with Crippen molar-refractivity contribution in [2.45, 2.75) is 33.3 Å². The highest BCUT2D eigenvalue weighted by Crippen LogP contribution is 2.21. The summed E-state index contributed by atoms with van der Waals surface area (Å²) < 4.78 is 5.78. The third-order valence-electron chi connectivity index (χ3n) is 3.78. The Balaban J connectivity index is 1.83. The highest BCUT2D eigenvalue weighted by atomic mass is 16.5. The number of nitrogens with one attached hydrogen (secondary N) is 1. The average molecular weight is 297 g/mol. The highest BCUT2D eigenvalue weighted by molar-refractivity contribution is 5.80. The molecule has 0 aliphatic rings. The van der Waals surface area contributed by atoms with E-state index < -0.39 is 6.10 Å². The molecule has 0 saturated heterocycles. The Morgan fingerprint density at radius 3 is 2.55 bits per heavy atom. The fourth-order valence-electron chi connectivity index (χ4n) is 2.21. The average Bonchev–Trinajstić information content (AvgIpc) is 2.52. The van der Waals surface area contributed by atoms with Gasteiger partial charge in [0.25, 0.3) is 5.91 Å². The van der Waals surface area contributed by atoms with Crippen molar-refractivity contribution >= 4 is 5.91 Å². The van der Waals surface area contributed by atoms with Gasteiger partial charge in [-0.3, -0.25) is 4.79 Å². The minimum absolute atomic E-state index is 0.0863. The topological polar surface area (TPSA) is 38.3 Å². The summed E-state index contributed by atoms with van der Waals surface area (Å²) in [5.74, 6) is 0.683. The van der Waals surface area contributed by atoms with Gasteiger partial charge in [-0.2, -0.15) is 0 Å². The van der Waals surface area contributed by atoms with Gasteiger partial charge in [0.05, 0.1) is 0 Å². The van der Waals surface area contributed by atoms with Gasteiger partial charge in [0, 0.05) is 6.54 Å². The number of ether oxygens (including phenoxy) is 1. The van der Waals surface area contributed by atoms with Gasteiger partial charge in [-0.15, -0.1) is 0 Å². The van der Waals surface area contributed by atoms with E-state index in [0.29, 0.717) is 6.54 Å². The van der Waals surface area contributed by atoms with E-state index in [1.54, 1.807) is 6.92 Å². The number of amides is 1. The van der Waals surface area contributed by atoms with Gasteiger partial charge < -0.3 is 10.1 Å². The largest absolute Gasteiger partial charge is 0.481 e. The summed E-state index contributed by atoms with van der Waals surface area (Å²) >= 11 is 0. The molecule has 116 valence electrons. The molecule has 0 bridgehead atoms. The lowest BCUT2D eigenvalue weighted by atomic mass is 10.1. The van der Waals surface area contributed by atoms with Crippen LogP contribution in [0.4, 0.5) is 0 Å². The molecule has 22 heavy (non-hydrogen) atoms. The fourth-order valence-corrected chi connectivity index (χ4v) is 2.21. The number of carbonyl (C=O) groups is 1. The molecule has 1 N–H and O–H groups in total. The molecule has 0 radical (unpaired) electrons. The Morgan fingerprint density at radius 2 is 1.82 bits per heavy atom. The van der Waals surface area contributed by atoms with Crippen molar-refractivity contribution in [1.29, 1.82) is 0 Å². The molecule has 0 fully saturated rings. The maximum atomic E-state index is 12.1. The second kappa shape index (κ2) is 7.64. The van der Waals surface area contributed by atoms with E-state index in [0.717, 1.165) is 23.3 Å². The van der Waals surface area contributed by atoms with Gasteiger partial charge in [0.15, 0.2) is 6.10 Å². The minimum Gasteiger partial charge on any atom is -0.481 e. The predicted octanol–water partition coefficient (Wildman–Crippen LogP) is 3.43. The van der Waals surface area contributed by atoms with Crippen LogP contribution in [0.25, 0.3) is 0 Å². The molecule has 1 atom stereocenters. The number of hydrogen-bond donors (Lipinski definition) is 1. The first-order valence-corrected chi connectivity index (χ1v) is 7.62. The van der Waals surface area contributed by atoms with Gasteiger partial charge >= 0.3 is 0 Å². The van der Waals surface area contributed by atoms with Crippen molar-refractivity contribution in [3.8, 4) is 5.75 Å².